The van der Waals surface area contributed by atoms with Gasteiger partial charge >= 0.3 is 12.0 Å². The fourth-order valence-corrected chi connectivity index (χ4v) is 3.55. The van der Waals surface area contributed by atoms with Crippen LogP contribution in [0.5, 0.6) is 5.75 Å². The maximum atomic E-state index is 12.7. The number of rotatable bonds is 18. The second kappa shape index (κ2) is 17.3. The number of amides is 2. The Labute approximate surface area is 214 Å². The summed E-state index contributed by atoms with van der Waals surface area (Å²) in [5.74, 6) is -0.306. The van der Waals surface area contributed by atoms with Crippen molar-refractivity contribution in [1.29, 1.82) is 0 Å². The molecule has 0 bridgehead atoms. The van der Waals surface area contributed by atoms with Gasteiger partial charge in [0.25, 0.3) is 0 Å². The van der Waals surface area contributed by atoms with Crippen molar-refractivity contribution in [2.45, 2.75) is 52.2 Å². The number of aliphatic carboxylic acids is 1. The molecule has 2 amide bonds. The summed E-state index contributed by atoms with van der Waals surface area (Å²) in [4.78, 5) is 25.7. The SMILES string of the molecule is CCCCNC(=O)N(CCCOCc1ccccc1)CCOc1ccc(CC(OCC)C(=O)O)cc1. The lowest BCUT2D eigenvalue weighted by atomic mass is 10.1. The molecule has 2 rings (SSSR count). The van der Waals surface area contributed by atoms with Crippen molar-refractivity contribution in [2.24, 2.45) is 0 Å². The molecular weight excluding hydrogens is 460 g/mol. The third-order valence-electron chi connectivity index (χ3n) is 5.54. The molecule has 0 aromatic heterocycles. The van der Waals surface area contributed by atoms with Crippen LogP contribution in [0, 0.1) is 0 Å². The van der Waals surface area contributed by atoms with Gasteiger partial charge in [-0.3, -0.25) is 0 Å². The van der Waals surface area contributed by atoms with Crippen LogP contribution in [0.25, 0.3) is 0 Å². The number of carbonyl (C=O) groups excluding carboxylic acids is 1. The summed E-state index contributed by atoms with van der Waals surface area (Å²) in [6, 6.07) is 17.2. The first-order chi connectivity index (χ1) is 17.5. The number of nitrogens with zero attached hydrogens (tertiary/aromatic N) is 1. The van der Waals surface area contributed by atoms with E-state index >= 15 is 0 Å². The number of carbonyl (C=O) groups is 2. The molecule has 8 heteroatoms. The first-order valence-corrected chi connectivity index (χ1v) is 12.7. The van der Waals surface area contributed by atoms with E-state index in [1.165, 1.54) is 0 Å². The smallest absolute Gasteiger partial charge is 0.333 e. The molecule has 0 radical (unpaired) electrons. The van der Waals surface area contributed by atoms with Gasteiger partial charge in [0.15, 0.2) is 6.10 Å². The van der Waals surface area contributed by atoms with Crippen LogP contribution >= 0.6 is 0 Å². The first-order valence-electron chi connectivity index (χ1n) is 12.7. The lowest BCUT2D eigenvalue weighted by Gasteiger charge is -2.23. The van der Waals surface area contributed by atoms with Gasteiger partial charge in [0, 0.05) is 32.7 Å². The number of carboxylic acids is 1. The Bertz CT molecular complexity index is 875. The number of hydrogen-bond acceptors (Lipinski definition) is 5. The number of nitrogens with one attached hydrogen (secondary N) is 1. The van der Waals surface area contributed by atoms with E-state index < -0.39 is 12.1 Å². The van der Waals surface area contributed by atoms with Gasteiger partial charge in [0.05, 0.1) is 13.2 Å². The second-order valence-corrected chi connectivity index (χ2v) is 8.44. The molecule has 0 saturated carbocycles. The Balaban J connectivity index is 1.79. The van der Waals surface area contributed by atoms with E-state index in [1.54, 1.807) is 11.8 Å². The van der Waals surface area contributed by atoms with Crippen molar-refractivity contribution in [3.8, 4) is 5.75 Å². The van der Waals surface area contributed by atoms with E-state index in [0.29, 0.717) is 58.2 Å². The van der Waals surface area contributed by atoms with Gasteiger partial charge in [-0.1, -0.05) is 55.8 Å². The van der Waals surface area contributed by atoms with Crippen LogP contribution in [0.2, 0.25) is 0 Å². The van der Waals surface area contributed by atoms with Crippen LogP contribution < -0.4 is 10.1 Å². The van der Waals surface area contributed by atoms with Crippen LogP contribution in [-0.4, -0.2) is 67.6 Å². The van der Waals surface area contributed by atoms with Crippen molar-refractivity contribution < 1.29 is 28.9 Å². The quantitative estimate of drug-likeness (QED) is 0.292. The van der Waals surface area contributed by atoms with Gasteiger partial charge in [-0.25, -0.2) is 9.59 Å². The molecule has 0 heterocycles. The van der Waals surface area contributed by atoms with Crippen LogP contribution in [0.1, 0.15) is 44.2 Å². The highest BCUT2D eigenvalue weighted by Gasteiger charge is 2.18. The van der Waals surface area contributed by atoms with E-state index in [0.717, 1.165) is 30.4 Å². The molecule has 2 N–H and O–H groups in total. The second-order valence-electron chi connectivity index (χ2n) is 8.44. The van der Waals surface area contributed by atoms with Gasteiger partial charge < -0.3 is 29.5 Å². The first kappa shape index (κ1) is 29.1. The summed E-state index contributed by atoms with van der Waals surface area (Å²) in [7, 11) is 0. The fourth-order valence-electron chi connectivity index (χ4n) is 3.55. The molecule has 1 atom stereocenters. The molecule has 8 nitrogen and oxygen atoms in total. The average Bonchev–Trinajstić information content (AvgIpc) is 2.88. The van der Waals surface area contributed by atoms with Crippen LogP contribution in [0.4, 0.5) is 4.79 Å². The van der Waals surface area contributed by atoms with E-state index in [-0.39, 0.29) is 6.03 Å². The Morgan fingerprint density at radius 3 is 2.36 bits per heavy atom. The maximum Gasteiger partial charge on any atom is 0.333 e. The number of ether oxygens (including phenoxy) is 3. The molecular formula is C28H40N2O6. The maximum absolute atomic E-state index is 12.7. The highest BCUT2D eigenvalue weighted by atomic mass is 16.5. The Morgan fingerprint density at radius 2 is 1.69 bits per heavy atom. The summed E-state index contributed by atoms with van der Waals surface area (Å²) in [6.45, 7) is 7.35. The molecule has 2 aromatic rings. The van der Waals surface area contributed by atoms with Crippen molar-refractivity contribution in [3.63, 3.8) is 0 Å². The zero-order valence-electron chi connectivity index (χ0n) is 21.5. The van der Waals surface area contributed by atoms with Crippen molar-refractivity contribution >= 4 is 12.0 Å². The van der Waals surface area contributed by atoms with Crippen LogP contribution in [0.15, 0.2) is 54.6 Å². The molecule has 0 spiro atoms. The third-order valence-corrected chi connectivity index (χ3v) is 5.54. The summed E-state index contributed by atoms with van der Waals surface area (Å²) in [5.41, 5.74) is 1.98. The van der Waals surface area contributed by atoms with Crippen LogP contribution in [-0.2, 0) is 27.3 Å². The van der Waals surface area contributed by atoms with Crippen LogP contribution in [0.3, 0.4) is 0 Å². The van der Waals surface area contributed by atoms with Gasteiger partial charge in [-0.2, -0.15) is 0 Å². The molecule has 0 aliphatic rings. The zero-order chi connectivity index (χ0) is 26.0. The predicted molar refractivity (Wildman–Crippen MR) is 139 cm³/mol. The lowest BCUT2D eigenvalue weighted by Crippen LogP contribution is -2.43. The summed E-state index contributed by atoms with van der Waals surface area (Å²) >= 11 is 0. The topological polar surface area (TPSA) is 97.3 Å². The standard InChI is InChI=1S/C28H40N2O6/c1-3-5-16-29-28(33)30(17-9-19-34-22-24-10-7-6-8-11-24)18-20-36-25-14-12-23(13-15-25)21-26(27(31)32)35-4-2/h6-8,10-15,26H,3-5,9,16-22H2,1-2H3,(H,29,33)(H,31,32). The van der Waals surface area contributed by atoms with Gasteiger partial charge in [-0.05, 0) is 43.0 Å². The summed E-state index contributed by atoms with van der Waals surface area (Å²) in [6.07, 6.45) is 2.12. The molecule has 198 valence electrons. The lowest BCUT2D eigenvalue weighted by molar-refractivity contribution is -0.149. The molecule has 2 aromatic carbocycles. The van der Waals surface area contributed by atoms with Gasteiger partial charge in [0.1, 0.15) is 12.4 Å². The number of benzene rings is 2. The van der Waals surface area contributed by atoms with Gasteiger partial charge in [-0.15, -0.1) is 0 Å². The van der Waals surface area contributed by atoms with E-state index in [9.17, 15) is 14.7 Å². The van der Waals surface area contributed by atoms with Crippen molar-refractivity contribution in [1.82, 2.24) is 10.2 Å². The molecule has 0 saturated heterocycles. The van der Waals surface area contributed by atoms with E-state index in [4.69, 9.17) is 14.2 Å². The molecule has 36 heavy (non-hydrogen) atoms. The number of urea groups is 1. The normalized spacial score (nSPS) is 11.6. The summed E-state index contributed by atoms with van der Waals surface area (Å²) < 4.78 is 16.9. The third kappa shape index (κ3) is 11.6. The molecule has 0 aliphatic carbocycles. The van der Waals surface area contributed by atoms with Crippen molar-refractivity contribution in [2.75, 3.05) is 39.5 Å². The van der Waals surface area contributed by atoms with Crippen molar-refractivity contribution in [3.05, 3.63) is 65.7 Å². The number of carboxylic acid groups (broad SMARTS) is 1. The largest absolute Gasteiger partial charge is 0.492 e. The average molecular weight is 501 g/mol. The van der Waals surface area contributed by atoms with E-state index in [2.05, 4.69) is 12.2 Å². The molecule has 1 unspecified atom stereocenters. The van der Waals surface area contributed by atoms with E-state index in [1.807, 2.05) is 54.6 Å². The monoisotopic (exact) mass is 500 g/mol. The molecule has 0 fully saturated rings. The summed E-state index contributed by atoms with van der Waals surface area (Å²) in [5, 5.41) is 12.2. The number of unbranched alkanes of at least 4 members (excludes halogenated alkanes) is 1. The Morgan fingerprint density at radius 1 is 0.944 bits per heavy atom. The Kier molecular flexibility index (Phi) is 14.0. The minimum atomic E-state index is -0.972. The Hall–Kier alpha value is -3.10. The molecule has 0 aliphatic heterocycles. The zero-order valence-corrected chi connectivity index (χ0v) is 21.5. The van der Waals surface area contributed by atoms with Gasteiger partial charge in [0.2, 0.25) is 0 Å². The fraction of sp³-hybridized carbons (Fsp3) is 0.500. The predicted octanol–water partition coefficient (Wildman–Crippen LogP) is 4.52. The number of hydrogen-bond donors (Lipinski definition) is 2. The highest BCUT2D eigenvalue weighted by Crippen LogP contribution is 2.15. The minimum absolute atomic E-state index is 0.0962. The highest BCUT2D eigenvalue weighted by molar-refractivity contribution is 5.74. The minimum Gasteiger partial charge on any atom is -0.492 e.